The van der Waals surface area contributed by atoms with Gasteiger partial charge in [-0.05, 0) is 12.1 Å². The molecular weight excluding hydrogens is 516 g/mol. The predicted molar refractivity (Wildman–Crippen MR) is 117 cm³/mol. The van der Waals surface area contributed by atoms with E-state index < -0.39 is 6.36 Å². The van der Waals surface area contributed by atoms with Crippen LogP contribution in [-0.4, -0.2) is 44.7 Å². The van der Waals surface area contributed by atoms with Crippen molar-refractivity contribution in [1.29, 1.82) is 0 Å². The number of aliphatic imine (C=N–C) groups is 1. The summed E-state index contributed by atoms with van der Waals surface area (Å²) < 4.78 is 52.2. The molecule has 0 spiro atoms. The molecule has 0 aliphatic carbocycles. The van der Waals surface area contributed by atoms with E-state index in [9.17, 15) is 13.2 Å². The minimum absolute atomic E-state index is 0. The van der Waals surface area contributed by atoms with Crippen molar-refractivity contribution < 1.29 is 27.4 Å². The largest absolute Gasteiger partial charge is 0.573 e. The normalized spacial score (nSPS) is 11.4. The Labute approximate surface area is 190 Å². The maximum atomic E-state index is 12.5. The van der Waals surface area contributed by atoms with Crippen molar-refractivity contribution in [3.05, 3.63) is 53.7 Å². The number of para-hydroxylation sites is 1. The summed E-state index contributed by atoms with van der Waals surface area (Å²) in [6.45, 7) is 1.25. The van der Waals surface area contributed by atoms with Gasteiger partial charge >= 0.3 is 6.36 Å². The lowest BCUT2D eigenvalue weighted by molar-refractivity contribution is -0.274. The minimum Gasteiger partial charge on any atom is -0.475 e. The molecule has 0 saturated carbocycles. The number of nitrogens with zero attached hydrogens (tertiary/aromatic N) is 2. The van der Waals surface area contributed by atoms with Crippen LogP contribution in [0.4, 0.5) is 13.2 Å². The number of pyridine rings is 1. The molecule has 0 radical (unpaired) electrons. The van der Waals surface area contributed by atoms with Crippen LogP contribution in [0, 0.1) is 0 Å². The second-order valence-electron chi connectivity index (χ2n) is 5.74. The number of benzene rings is 1. The van der Waals surface area contributed by atoms with Gasteiger partial charge in [-0.2, -0.15) is 0 Å². The summed E-state index contributed by atoms with van der Waals surface area (Å²) in [5.41, 5.74) is 1.14. The maximum Gasteiger partial charge on any atom is 0.573 e. The fraction of sp³-hybridized carbons (Fsp3) is 0.368. The Morgan fingerprint density at radius 3 is 2.37 bits per heavy atom. The first-order valence-electron chi connectivity index (χ1n) is 8.76. The lowest BCUT2D eigenvalue weighted by Crippen LogP contribution is -2.36. The fourth-order valence-electron chi connectivity index (χ4n) is 2.36. The zero-order valence-electron chi connectivity index (χ0n) is 16.5. The third-order valence-electron chi connectivity index (χ3n) is 3.69. The molecular formula is C19H24F3IN4O3. The number of methoxy groups -OCH3 is 1. The zero-order chi connectivity index (χ0) is 21.1. The van der Waals surface area contributed by atoms with E-state index >= 15 is 0 Å². The molecule has 0 saturated heterocycles. The van der Waals surface area contributed by atoms with Crippen molar-refractivity contribution in [3.63, 3.8) is 0 Å². The van der Waals surface area contributed by atoms with Crippen LogP contribution in [0.2, 0.25) is 0 Å². The Kier molecular flexibility index (Phi) is 11.3. The summed E-state index contributed by atoms with van der Waals surface area (Å²) in [4.78, 5) is 8.27. The Hall–Kier alpha value is -2.28. The molecule has 2 aromatic rings. The molecule has 0 unspecified atom stereocenters. The highest BCUT2D eigenvalue weighted by Gasteiger charge is 2.31. The number of aromatic nitrogens is 1. The van der Waals surface area contributed by atoms with E-state index in [0.717, 1.165) is 5.56 Å². The van der Waals surface area contributed by atoms with Crippen LogP contribution in [-0.2, 0) is 17.8 Å². The second-order valence-corrected chi connectivity index (χ2v) is 5.74. The molecule has 0 fully saturated rings. The van der Waals surface area contributed by atoms with Gasteiger partial charge in [-0.15, -0.1) is 37.1 Å². The summed E-state index contributed by atoms with van der Waals surface area (Å²) in [6, 6.07) is 9.55. The SMILES string of the molecule is CN=C(NCc1ccccc1OC(F)(F)F)NCc1cccnc1OCCOC.I. The molecule has 7 nitrogen and oxygen atoms in total. The van der Waals surface area contributed by atoms with Crippen molar-refractivity contribution in [2.75, 3.05) is 27.4 Å². The number of nitrogens with one attached hydrogen (secondary N) is 2. The van der Waals surface area contributed by atoms with E-state index in [4.69, 9.17) is 9.47 Å². The highest BCUT2D eigenvalue weighted by molar-refractivity contribution is 14.0. The third kappa shape index (κ3) is 9.03. The summed E-state index contributed by atoms with van der Waals surface area (Å²) in [5, 5.41) is 6.04. The van der Waals surface area contributed by atoms with Crippen LogP contribution in [0.3, 0.4) is 0 Å². The predicted octanol–water partition coefficient (Wildman–Crippen LogP) is 3.49. The fourth-order valence-corrected chi connectivity index (χ4v) is 2.36. The number of hydrogen-bond acceptors (Lipinski definition) is 5. The lowest BCUT2D eigenvalue weighted by atomic mass is 10.2. The van der Waals surface area contributed by atoms with Crippen LogP contribution in [0.15, 0.2) is 47.6 Å². The summed E-state index contributed by atoms with van der Waals surface area (Å²) >= 11 is 0. The van der Waals surface area contributed by atoms with Gasteiger partial charge in [0.15, 0.2) is 5.96 Å². The van der Waals surface area contributed by atoms with Gasteiger partial charge in [0, 0.05) is 44.6 Å². The molecule has 0 aliphatic heterocycles. The van der Waals surface area contributed by atoms with Crippen LogP contribution < -0.4 is 20.1 Å². The Bertz CT molecular complexity index is 807. The smallest absolute Gasteiger partial charge is 0.475 e. The van der Waals surface area contributed by atoms with Crippen molar-refractivity contribution in [2.45, 2.75) is 19.5 Å². The summed E-state index contributed by atoms with van der Waals surface area (Å²) in [6.07, 6.45) is -3.13. The van der Waals surface area contributed by atoms with Gasteiger partial charge in [-0.25, -0.2) is 4.98 Å². The van der Waals surface area contributed by atoms with Crippen molar-refractivity contribution in [1.82, 2.24) is 15.6 Å². The lowest BCUT2D eigenvalue weighted by Gasteiger charge is -2.16. The summed E-state index contributed by atoms with van der Waals surface area (Å²) in [7, 11) is 3.14. The van der Waals surface area contributed by atoms with E-state index in [0.29, 0.717) is 37.2 Å². The number of ether oxygens (including phenoxy) is 3. The topological polar surface area (TPSA) is 77.0 Å². The first-order valence-corrected chi connectivity index (χ1v) is 8.76. The molecule has 1 aromatic heterocycles. The van der Waals surface area contributed by atoms with Crippen LogP contribution in [0.1, 0.15) is 11.1 Å². The van der Waals surface area contributed by atoms with Crippen LogP contribution in [0.25, 0.3) is 0 Å². The van der Waals surface area contributed by atoms with Crippen molar-refractivity contribution in [3.8, 4) is 11.6 Å². The Balaban J connectivity index is 0.00000450. The minimum atomic E-state index is -4.75. The number of guanidine groups is 1. The highest BCUT2D eigenvalue weighted by atomic mass is 127. The number of halogens is 4. The molecule has 0 amide bonds. The molecule has 0 atom stereocenters. The molecule has 30 heavy (non-hydrogen) atoms. The maximum absolute atomic E-state index is 12.5. The van der Waals surface area contributed by atoms with Gasteiger partial charge < -0.3 is 24.8 Å². The van der Waals surface area contributed by atoms with Crippen molar-refractivity contribution in [2.24, 2.45) is 4.99 Å². The van der Waals surface area contributed by atoms with Crippen molar-refractivity contribution >= 4 is 29.9 Å². The third-order valence-corrected chi connectivity index (χ3v) is 3.69. The molecule has 0 bridgehead atoms. The molecule has 0 aliphatic rings. The molecule has 1 heterocycles. The Morgan fingerprint density at radius 2 is 1.70 bits per heavy atom. The van der Waals surface area contributed by atoms with Gasteiger partial charge in [0.2, 0.25) is 5.88 Å². The van der Waals surface area contributed by atoms with E-state index in [1.807, 2.05) is 6.07 Å². The second kappa shape index (κ2) is 13.1. The van der Waals surface area contributed by atoms with Gasteiger partial charge in [0.25, 0.3) is 0 Å². The van der Waals surface area contributed by atoms with Gasteiger partial charge in [0.1, 0.15) is 12.4 Å². The van der Waals surface area contributed by atoms with Crippen LogP contribution in [0.5, 0.6) is 11.6 Å². The monoisotopic (exact) mass is 540 g/mol. The molecule has 2 N–H and O–H groups in total. The summed E-state index contributed by atoms with van der Waals surface area (Å²) in [5.74, 6) is 0.610. The van der Waals surface area contributed by atoms with Gasteiger partial charge in [-0.1, -0.05) is 24.3 Å². The first kappa shape index (κ1) is 25.8. The number of rotatable bonds is 9. The van der Waals surface area contributed by atoms with E-state index in [2.05, 4.69) is 25.3 Å². The van der Waals surface area contributed by atoms with Gasteiger partial charge in [-0.3, -0.25) is 4.99 Å². The average molecular weight is 540 g/mol. The van der Waals surface area contributed by atoms with Gasteiger partial charge in [0.05, 0.1) is 6.61 Å². The van der Waals surface area contributed by atoms with Crippen LogP contribution >= 0.6 is 24.0 Å². The quantitative estimate of drug-likeness (QED) is 0.220. The van der Waals surface area contributed by atoms with E-state index in [-0.39, 0.29) is 36.3 Å². The average Bonchev–Trinajstić information content (AvgIpc) is 2.69. The number of alkyl halides is 3. The molecule has 2 rings (SSSR count). The first-order chi connectivity index (χ1) is 13.9. The highest BCUT2D eigenvalue weighted by Crippen LogP contribution is 2.26. The van der Waals surface area contributed by atoms with E-state index in [1.165, 1.54) is 12.1 Å². The Morgan fingerprint density at radius 1 is 1.03 bits per heavy atom. The molecule has 1 aromatic carbocycles. The molecule has 11 heteroatoms. The standard InChI is InChI=1S/C19H23F3N4O3.HI/c1-23-18(25-12-14-6-3-4-8-16(14)29-19(20,21)22)26-13-15-7-5-9-24-17(15)28-11-10-27-2;/h3-9H,10-13H2,1-2H3,(H2,23,25,26);1H. The zero-order valence-corrected chi connectivity index (χ0v) is 18.9. The molecule has 166 valence electrons. The number of hydrogen-bond donors (Lipinski definition) is 2. The van der Waals surface area contributed by atoms with E-state index in [1.54, 1.807) is 38.6 Å².